The summed E-state index contributed by atoms with van der Waals surface area (Å²) < 4.78 is 5.86. The smallest absolute Gasteiger partial charge is 0.268 e. The van der Waals surface area contributed by atoms with Gasteiger partial charge in [0.05, 0.1) is 11.4 Å². The summed E-state index contributed by atoms with van der Waals surface area (Å²) in [6, 6.07) is 3.94. The zero-order valence-corrected chi connectivity index (χ0v) is 13.2. The van der Waals surface area contributed by atoms with Gasteiger partial charge in [0.15, 0.2) is 11.9 Å². The summed E-state index contributed by atoms with van der Waals surface area (Å²) in [4.78, 5) is 14.0. The Kier molecular flexibility index (Phi) is 3.44. The van der Waals surface area contributed by atoms with Crippen LogP contribution in [0.3, 0.4) is 0 Å². The summed E-state index contributed by atoms with van der Waals surface area (Å²) in [7, 11) is 1.78. The molecule has 2 N–H and O–H groups in total. The number of ether oxygens (including phenoxy) is 1. The molecule has 1 atom stereocenters. The van der Waals surface area contributed by atoms with Crippen LogP contribution in [0.15, 0.2) is 12.1 Å². The van der Waals surface area contributed by atoms with Crippen molar-refractivity contribution in [1.82, 2.24) is 0 Å². The van der Waals surface area contributed by atoms with Gasteiger partial charge in [0.1, 0.15) is 0 Å². The van der Waals surface area contributed by atoms with Crippen molar-refractivity contribution in [2.45, 2.75) is 46.1 Å². The fraction of sp³-hybridized carbons (Fsp3) is 0.562. The molecule has 1 amide bonds. The predicted octanol–water partition coefficient (Wildman–Crippen LogP) is 2.95. The molecule has 0 aromatic heterocycles. The fourth-order valence-corrected chi connectivity index (χ4v) is 2.35. The van der Waals surface area contributed by atoms with Gasteiger partial charge in [-0.2, -0.15) is 0 Å². The maximum atomic E-state index is 12.4. The van der Waals surface area contributed by atoms with Gasteiger partial charge in [-0.3, -0.25) is 4.79 Å². The van der Waals surface area contributed by atoms with Crippen LogP contribution in [0.1, 0.15) is 40.2 Å². The van der Waals surface area contributed by atoms with Crippen molar-refractivity contribution in [3.8, 4) is 5.75 Å². The predicted molar refractivity (Wildman–Crippen MR) is 82.2 cm³/mol. The molecule has 4 heteroatoms. The summed E-state index contributed by atoms with van der Waals surface area (Å²) in [5.41, 5.74) is 8.57. The van der Waals surface area contributed by atoms with Crippen LogP contribution in [0.25, 0.3) is 0 Å². The number of benzene rings is 1. The minimum absolute atomic E-state index is 0.0158. The molecule has 1 unspecified atom stereocenters. The molecule has 2 rings (SSSR count). The van der Waals surface area contributed by atoms with Gasteiger partial charge in [0.25, 0.3) is 5.91 Å². The lowest BCUT2D eigenvalue weighted by Gasteiger charge is -2.35. The van der Waals surface area contributed by atoms with Gasteiger partial charge in [-0.1, -0.05) is 34.6 Å². The molecule has 20 heavy (non-hydrogen) atoms. The summed E-state index contributed by atoms with van der Waals surface area (Å²) in [6.07, 6.45) is -0.463. The van der Waals surface area contributed by atoms with Crippen LogP contribution in [-0.2, 0) is 10.2 Å². The lowest BCUT2D eigenvalue weighted by molar-refractivity contribution is -0.127. The molecule has 4 nitrogen and oxygen atoms in total. The van der Waals surface area contributed by atoms with Gasteiger partial charge in [-0.05, 0) is 29.0 Å². The number of amides is 1. The van der Waals surface area contributed by atoms with E-state index in [2.05, 4.69) is 20.8 Å². The molecule has 0 saturated heterocycles. The summed E-state index contributed by atoms with van der Waals surface area (Å²) in [5, 5.41) is 0. The number of fused-ring (bicyclic) bond motifs is 1. The Labute approximate surface area is 120 Å². The third kappa shape index (κ3) is 2.35. The van der Waals surface area contributed by atoms with Gasteiger partial charge < -0.3 is 15.4 Å². The average Bonchev–Trinajstić information content (AvgIpc) is 2.32. The molecular weight excluding hydrogens is 252 g/mol. The molecule has 0 radical (unpaired) electrons. The van der Waals surface area contributed by atoms with Crippen LogP contribution in [0, 0.1) is 5.92 Å². The number of carbonyl (C=O) groups excluding carboxylic acids is 1. The maximum absolute atomic E-state index is 12.4. The minimum Gasteiger partial charge on any atom is -0.476 e. The Morgan fingerprint density at radius 1 is 1.30 bits per heavy atom. The van der Waals surface area contributed by atoms with E-state index in [1.165, 1.54) is 0 Å². The molecular formula is C16H24N2O2. The number of nitrogens with two attached hydrogens (primary N) is 1. The van der Waals surface area contributed by atoms with Gasteiger partial charge in [-0.25, -0.2) is 0 Å². The number of nitrogens with zero attached hydrogens (tertiary/aromatic N) is 1. The Hall–Kier alpha value is -1.71. The first-order valence-corrected chi connectivity index (χ1v) is 7.01. The van der Waals surface area contributed by atoms with E-state index in [1.807, 2.05) is 26.0 Å². The average molecular weight is 276 g/mol. The lowest BCUT2D eigenvalue weighted by Crippen LogP contribution is -2.46. The van der Waals surface area contributed by atoms with E-state index in [-0.39, 0.29) is 17.2 Å². The second kappa shape index (κ2) is 4.69. The molecule has 1 aliphatic heterocycles. The largest absolute Gasteiger partial charge is 0.476 e. The fourth-order valence-electron chi connectivity index (χ4n) is 2.35. The standard InChI is InChI=1S/C16H24N2O2/c1-9(2)13-15(19)18(6)12-8-10(16(3,4)5)7-11(17)14(12)20-13/h7-9,13H,17H2,1-6H3. The van der Waals surface area contributed by atoms with Gasteiger partial charge in [0, 0.05) is 7.05 Å². The van der Waals surface area contributed by atoms with Crippen LogP contribution in [0.5, 0.6) is 5.75 Å². The number of rotatable bonds is 1. The number of nitrogen functional groups attached to an aromatic ring is 1. The van der Waals surface area contributed by atoms with Crippen LogP contribution < -0.4 is 15.4 Å². The molecule has 1 aromatic carbocycles. The van der Waals surface area contributed by atoms with E-state index in [0.717, 1.165) is 11.3 Å². The third-order valence-electron chi connectivity index (χ3n) is 3.75. The van der Waals surface area contributed by atoms with E-state index in [4.69, 9.17) is 10.5 Å². The van der Waals surface area contributed by atoms with E-state index < -0.39 is 6.10 Å². The van der Waals surface area contributed by atoms with E-state index in [0.29, 0.717) is 11.4 Å². The number of anilines is 2. The highest BCUT2D eigenvalue weighted by Gasteiger charge is 2.36. The first-order valence-electron chi connectivity index (χ1n) is 7.01. The molecule has 1 aromatic rings. The molecule has 0 spiro atoms. The minimum atomic E-state index is -0.463. The van der Waals surface area contributed by atoms with Crippen LogP contribution in [0.2, 0.25) is 0 Å². The second-order valence-corrected chi connectivity index (χ2v) is 6.84. The number of carbonyl (C=O) groups is 1. The van der Waals surface area contributed by atoms with Crippen molar-refractivity contribution in [3.63, 3.8) is 0 Å². The zero-order chi connectivity index (χ0) is 15.2. The van der Waals surface area contributed by atoms with Crippen LogP contribution in [-0.4, -0.2) is 19.1 Å². The van der Waals surface area contributed by atoms with Crippen molar-refractivity contribution in [2.24, 2.45) is 5.92 Å². The highest BCUT2D eigenvalue weighted by molar-refractivity contribution is 6.01. The Morgan fingerprint density at radius 2 is 1.90 bits per heavy atom. The first-order chi connectivity index (χ1) is 9.12. The van der Waals surface area contributed by atoms with Crippen molar-refractivity contribution >= 4 is 17.3 Å². The Balaban J connectivity index is 2.56. The normalized spacial score (nSPS) is 19.1. The first kappa shape index (κ1) is 14.7. The molecule has 1 aliphatic rings. The van der Waals surface area contributed by atoms with Gasteiger partial charge in [0.2, 0.25) is 0 Å². The molecule has 0 fully saturated rings. The Bertz CT molecular complexity index is 544. The van der Waals surface area contributed by atoms with E-state index in [1.54, 1.807) is 11.9 Å². The quantitative estimate of drug-likeness (QED) is 0.802. The summed E-state index contributed by atoms with van der Waals surface area (Å²) >= 11 is 0. The van der Waals surface area contributed by atoms with E-state index >= 15 is 0 Å². The summed E-state index contributed by atoms with van der Waals surface area (Å²) in [6.45, 7) is 10.3. The highest BCUT2D eigenvalue weighted by Crippen LogP contribution is 2.42. The molecule has 0 saturated carbocycles. The molecule has 0 aliphatic carbocycles. The van der Waals surface area contributed by atoms with Crippen molar-refractivity contribution in [1.29, 1.82) is 0 Å². The topological polar surface area (TPSA) is 55.6 Å². The summed E-state index contributed by atoms with van der Waals surface area (Å²) in [5.74, 6) is 0.719. The van der Waals surface area contributed by atoms with Crippen LogP contribution >= 0.6 is 0 Å². The third-order valence-corrected chi connectivity index (χ3v) is 3.75. The number of hydrogen-bond donors (Lipinski definition) is 1. The second-order valence-electron chi connectivity index (χ2n) is 6.84. The monoisotopic (exact) mass is 276 g/mol. The Morgan fingerprint density at radius 3 is 2.40 bits per heavy atom. The van der Waals surface area contributed by atoms with Crippen molar-refractivity contribution in [3.05, 3.63) is 17.7 Å². The molecule has 110 valence electrons. The van der Waals surface area contributed by atoms with E-state index in [9.17, 15) is 4.79 Å². The van der Waals surface area contributed by atoms with Crippen molar-refractivity contribution in [2.75, 3.05) is 17.7 Å². The molecule has 1 heterocycles. The SMILES string of the molecule is CC(C)C1Oc2c(N)cc(C(C)(C)C)cc2N(C)C1=O. The van der Waals surface area contributed by atoms with Gasteiger partial charge in [-0.15, -0.1) is 0 Å². The number of likely N-dealkylation sites (N-methyl/N-ethyl adjacent to an activating group) is 1. The van der Waals surface area contributed by atoms with Crippen molar-refractivity contribution < 1.29 is 9.53 Å². The number of hydrogen-bond acceptors (Lipinski definition) is 3. The lowest BCUT2D eigenvalue weighted by atomic mass is 9.86. The van der Waals surface area contributed by atoms with Crippen LogP contribution in [0.4, 0.5) is 11.4 Å². The molecule has 0 bridgehead atoms. The maximum Gasteiger partial charge on any atom is 0.268 e. The zero-order valence-electron chi connectivity index (χ0n) is 13.2. The van der Waals surface area contributed by atoms with Gasteiger partial charge >= 0.3 is 0 Å². The highest BCUT2D eigenvalue weighted by atomic mass is 16.5.